The van der Waals surface area contributed by atoms with Crippen LogP contribution < -0.4 is 10.1 Å². The van der Waals surface area contributed by atoms with Crippen LogP contribution in [0.3, 0.4) is 0 Å². The van der Waals surface area contributed by atoms with E-state index in [0.29, 0.717) is 19.6 Å². The Balaban J connectivity index is 1.14. The molecule has 1 aromatic heterocycles. The maximum atomic E-state index is 12.8. The Morgan fingerprint density at radius 1 is 0.805 bits per heavy atom. The second-order valence-corrected chi connectivity index (χ2v) is 11.5. The van der Waals surface area contributed by atoms with Gasteiger partial charge in [0, 0.05) is 6.54 Å². The Hall–Kier alpha value is -4.38. The highest BCUT2D eigenvalue weighted by molar-refractivity contribution is 5.79. The van der Waals surface area contributed by atoms with Gasteiger partial charge in [0.25, 0.3) is 0 Å². The summed E-state index contributed by atoms with van der Waals surface area (Å²) in [5.74, 6) is 1.77. The number of hydrogen-bond acceptors (Lipinski definition) is 3. The smallest absolute Gasteiger partial charge is 0.224 e. The zero-order chi connectivity index (χ0) is 28.7. The molecule has 0 spiro atoms. The van der Waals surface area contributed by atoms with Gasteiger partial charge in [0.05, 0.1) is 30.6 Å². The van der Waals surface area contributed by atoms with Crippen molar-refractivity contribution >= 4 is 16.9 Å². The van der Waals surface area contributed by atoms with Crippen LogP contribution in [-0.4, -0.2) is 22.1 Å². The van der Waals surface area contributed by atoms with E-state index in [1.165, 1.54) is 11.1 Å². The Bertz CT molecular complexity index is 1560. The van der Waals surface area contributed by atoms with E-state index < -0.39 is 0 Å². The van der Waals surface area contributed by atoms with Crippen LogP contribution in [0.25, 0.3) is 22.2 Å². The minimum atomic E-state index is -0.0121. The first-order chi connectivity index (χ1) is 19.9. The van der Waals surface area contributed by atoms with Crippen molar-refractivity contribution in [3.05, 3.63) is 120 Å². The molecule has 1 heterocycles. The van der Waals surface area contributed by atoms with E-state index in [1.807, 2.05) is 48.5 Å². The fourth-order valence-electron chi connectivity index (χ4n) is 4.99. The first kappa shape index (κ1) is 28.2. The number of aromatic nitrogens is 2. The third kappa shape index (κ3) is 7.43. The molecule has 0 saturated carbocycles. The highest BCUT2D eigenvalue weighted by atomic mass is 16.5. The van der Waals surface area contributed by atoms with E-state index in [2.05, 4.69) is 85.3 Å². The second kappa shape index (κ2) is 12.9. The Morgan fingerprint density at radius 2 is 1.49 bits per heavy atom. The van der Waals surface area contributed by atoms with Crippen molar-refractivity contribution in [2.75, 3.05) is 6.61 Å². The largest absolute Gasteiger partial charge is 0.494 e. The van der Waals surface area contributed by atoms with Gasteiger partial charge in [0.1, 0.15) is 11.6 Å². The number of carbonyl (C=O) groups is 1. The number of nitrogens with zero attached hydrogens (tertiary/aromatic N) is 2. The molecule has 1 N–H and O–H groups in total. The van der Waals surface area contributed by atoms with Crippen LogP contribution >= 0.6 is 0 Å². The van der Waals surface area contributed by atoms with Gasteiger partial charge in [-0.05, 0) is 64.8 Å². The SMILES string of the molecule is CC(C)(C)c1ccc(OCCCCn2c(CNC(=O)Cc3ccc(-c4ccccc4)cc3)nc3ccccc32)cc1. The molecule has 5 nitrogen and oxygen atoms in total. The van der Waals surface area contributed by atoms with E-state index in [-0.39, 0.29) is 11.3 Å². The lowest BCUT2D eigenvalue weighted by molar-refractivity contribution is -0.120. The Kier molecular flexibility index (Phi) is 8.83. The molecule has 5 heteroatoms. The predicted molar refractivity (Wildman–Crippen MR) is 167 cm³/mol. The molecule has 1 amide bonds. The molecule has 0 aliphatic carbocycles. The minimum Gasteiger partial charge on any atom is -0.494 e. The summed E-state index contributed by atoms with van der Waals surface area (Å²) in [6.07, 6.45) is 2.22. The summed E-state index contributed by atoms with van der Waals surface area (Å²) in [7, 11) is 0. The lowest BCUT2D eigenvalue weighted by Gasteiger charge is -2.19. The molecule has 5 aromatic rings. The zero-order valence-corrected chi connectivity index (χ0v) is 24.3. The standard InChI is InChI=1S/C36H39N3O2/c1-36(2,3)30-19-21-31(22-20-30)41-24-10-9-23-39-33-14-8-7-13-32(33)38-34(39)26-37-35(40)25-27-15-17-29(18-16-27)28-11-5-4-6-12-28/h4-8,11-22H,9-10,23-26H2,1-3H3,(H,37,40). The Morgan fingerprint density at radius 3 is 2.22 bits per heavy atom. The van der Waals surface area contributed by atoms with Crippen molar-refractivity contribution in [1.29, 1.82) is 0 Å². The Labute approximate surface area is 243 Å². The first-order valence-corrected chi connectivity index (χ1v) is 14.5. The molecule has 0 aliphatic rings. The monoisotopic (exact) mass is 545 g/mol. The van der Waals surface area contributed by atoms with E-state index in [9.17, 15) is 4.79 Å². The van der Waals surface area contributed by atoms with Crippen molar-refractivity contribution in [2.24, 2.45) is 0 Å². The maximum absolute atomic E-state index is 12.8. The molecule has 0 radical (unpaired) electrons. The average Bonchev–Trinajstić information content (AvgIpc) is 3.34. The summed E-state index contributed by atoms with van der Waals surface area (Å²) < 4.78 is 8.22. The van der Waals surface area contributed by atoms with Gasteiger partial charge < -0.3 is 14.6 Å². The fraction of sp³-hybridized carbons (Fsp3) is 0.278. The molecule has 0 bridgehead atoms. The summed E-state index contributed by atoms with van der Waals surface area (Å²) in [6.45, 7) is 8.52. The number of benzene rings is 4. The third-order valence-corrected chi connectivity index (χ3v) is 7.37. The van der Waals surface area contributed by atoms with Crippen LogP contribution in [0.5, 0.6) is 5.75 Å². The van der Waals surface area contributed by atoms with Crippen LogP contribution in [-0.2, 0) is 29.7 Å². The average molecular weight is 546 g/mol. The van der Waals surface area contributed by atoms with Crippen LogP contribution in [0.1, 0.15) is 50.6 Å². The highest BCUT2D eigenvalue weighted by Gasteiger charge is 2.14. The van der Waals surface area contributed by atoms with Crippen molar-refractivity contribution in [1.82, 2.24) is 14.9 Å². The molecule has 41 heavy (non-hydrogen) atoms. The van der Waals surface area contributed by atoms with Gasteiger partial charge in [-0.1, -0.05) is 99.6 Å². The molecule has 0 fully saturated rings. The number of unbranched alkanes of at least 4 members (excludes halogenated alkanes) is 1. The molecule has 4 aromatic carbocycles. The third-order valence-electron chi connectivity index (χ3n) is 7.37. The van der Waals surface area contributed by atoms with Crippen molar-refractivity contribution < 1.29 is 9.53 Å². The number of rotatable bonds is 11. The van der Waals surface area contributed by atoms with Crippen LogP contribution in [0.4, 0.5) is 0 Å². The summed E-state index contributed by atoms with van der Waals surface area (Å²) in [5, 5.41) is 3.09. The number of imidazole rings is 1. The van der Waals surface area contributed by atoms with Gasteiger partial charge >= 0.3 is 0 Å². The van der Waals surface area contributed by atoms with Gasteiger partial charge in [-0.25, -0.2) is 4.98 Å². The van der Waals surface area contributed by atoms with Crippen LogP contribution in [0.2, 0.25) is 0 Å². The van der Waals surface area contributed by atoms with E-state index >= 15 is 0 Å². The molecule has 210 valence electrons. The normalized spacial score (nSPS) is 11.5. The molecule has 0 unspecified atom stereocenters. The highest BCUT2D eigenvalue weighted by Crippen LogP contribution is 2.24. The molecule has 0 aliphatic heterocycles. The summed E-state index contributed by atoms with van der Waals surface area (Å²) in [6, 6.07) is 35.0. The van der Waals surface area contributed by atoms with Crippen LogP contribution in [0.15, 0.2) is 103 Å². The van der Waals surface area contributed by atoms with Crippen LogP contribution in [0, 0.1) is 0 Å². The summed E-state index contributed by atoms with van der Waals surface area (Å²) in [5.41, 5.74) is 6.78. The topological polar surface area (TPSA) is 56.1 Å². The van der Waals surface area contributed by atoms with Gasteiger partial charge in [0.15, 0.2) is 0 Å². The number of para-hydroxylation sites is 2. The number of carbonyl (C=O) groups excluding carboxylic acids is 1. The fourth-order valence-corrected chi connectivity index (χ4v) is 4.99. The van der Waals surface area contributed by atoms with Crippen molar-refractivity contribution in [3.63, 3.8) is 0 Å². The van der Waals surface area contributed by atoms with Gasteiger partial charge in [-0.2, -0.15) is 0 Å². The molecular formula is C36H39N3O2. The molecule has 5 rings (SSSR count). The van der Waals surface area contributed by atoms with Gasteiger partial charge in [0.2, 0.25) is 5.91 Å². The predicted octanol–water partition coefficient (Wildman–Crippen LogP) is 7.72. The molecule has 0 atom stereocenters. The van der Waals surface area contributed by atoms with E-state index in [1.54, 1.807) is 0 Å². The van der Waals surface area contributed by atoms with Crippen molar-refractivity contribution in [3.8, 4) is 16.9 Å². The van der Waals surface area contributed by atoms with E-state index in [0.717, 1.165) is 53.1 Å². The number of nitrogens with one attached hydrogen (secondary N) is 1. The van der Waals surface area contributed by atoms with Gasteiger partial charge in [-0.3, -0.25) is 4.79 Å². The van der Waals surface area contributed by atoms with Crippen molar-refractivity contribution in [2.45, 2.75) is 58.5 Å². The number of ether oxygens (including phenoxy) is 1. The minimum absolute atomic E-state index is 0.0121. The number of hydrogen-bond donors (Lipinski definition) is 1. The second-order valence-electron chi connectivity index (χ2n) is 11.5. The van der Waals surface area contributed by atoms with E-state index in [4.69, 9.17) is 9.72 Å². The number of aryl methyl sites for hydroxylation is 1. The van der Waals surface area contributed by atoms with Gasteiger partial charge in [-0.15, -0.1) is 0 Å². The summed E-state index contributed by atoms with van der Waals surface area (Å²) in [4.78, 5) is 17.6. The number of amides is 1. The lowest BCUT2D eigenvalue weighted by Crippen LogP contribution is -2.26. The zero-order valence-electron chi connectivity index (χ0n) is 24.3. The summed E-state index contributed by atoms with van der Waals surface area (Å²) >= 11 is 0. The molecular weight excluding hydrogens is 506 g/mol. The number of fused-ring (bicyclic) bond motifs is 1. The first-order valence-electron chi connectivity index (χ1n) is 14.5. The quantitative estimate of drug-likeness (QED) is 0.173. The maximum Gasteiger partial charge on any atom is 0.224 e. The molecule has 0 saturated heterocycles. The lowest BCUT2D eigenvalue weighted by atomic mass is 9.87.